The van der Waals surface area contributed by atoms with Gasteiger partial charge in [0.1, 0.15) is 0 Å². The lowest BCUT2D eigenvalue weighted by molar-refractivity contribution is 0.297. The first kappa shape index (κ1) is 13.8. The van der Waals surface area contributed by atoms with Crippen molar-refractivity contribution >= 4 is 5.69 Å². The van der Waals surface area contributed by atoms with E-state index < -0.39 is 0 Å². The van der Waals surface area contributed by atoms with Crippen LogP contribution in [-0.2, 0) is 7.05 Å². The van der Waals surface area contributed by atoms with Gasteiger partial charge in [0.25, 0.3) is 0 Å². The molecule has 1 N–H and O–H groups in total. The van der Waals surface area contributed by atoms with E-state index in [1.165, 1.54) is 5.56 Å². The smallest absolute Gasteiger partial charge is 0.161 e. The fraction of sp³-hybridized carbons (Fsp3) is 0.438. The molecule has 1 unspecified atom stereocenters. The van der Waals surface area contributed by atoms with Crippen LogP contribution in [0.2, 0.25) is 0 Å². The van der Waals surface area contributed by atoms with E-state index in [0.29, 0.717) is 6.61 Å². The molecule has 0 radical (unpaired) electrons. The van der Waals surface area contributed by atoms with Gasteiger partial charge < -0.3 is 14.8 Å². The van der Waals surface area contributed by atoms with Crippen molar-refractivity contribution in [3.8, 4) is 11.5 Å². The zero-order valence-corrected chi connectivity index (χ0v) is 12.7. The number of nitrogens with zero attached hydrogens (tertiary/aromatic N) is 2. The van der Waals surface area contributed by atoms with Crippen LogP contribution in [0.4, 0.5) is 5.69 Å². The summed E-state index contributed by atoms with van der Waals surface area (Å²) in [5.74, 6) is 1.67. The molecular formula is C16H21N3O2. The van der Waals surface area contributed by atoms with Crippen molar-refractivity contribution in [2.45, 2.75) is 26.3 Å². The minimum absolute atomic E-state index is 0.171. The number of anilines is 1. The van der Waals surface area contributed by atoms with Crippen molar-refractivity contribution in [1.82, 2.24) is 9.78 Å². The lowest BCUT2D eigenvalue weighted by Gasteiger charge is -2.17. The zero-order valence-electron chi connectivity index (χ0n) is 12.7. The predicted octanol–water partition coefficient (Wildman–Crippen LogP) is 3.06. The number of benzene rings is 1. The van der Waals surface area contributed by atoms with Crippen molar-refractivity contribution in [2.24, 2.45) is 7.05 Å². The number of rotatable bonds is 3. The van der Waals surface area contributed by atoms with Crippen LogP contribution in [0.25, 0.3) is 0 Å². The minimum Gasteiger partial charge on any atom is -0.490 e. The summed E-state index contributed by atoms with van der Waals surface area (Å²) in [4.78, 5) is 0. The molecule has 1 aromatic carbocycles. The molecule has 0 fully saturated rings. The average molecular weight is 287 g/mol. The first-order chi connectivity index (χ1) is 10.1. The summed E-state index contributed by atoms with van der Waals surface area (Å²) >= 11 is 0. The number of nitrogens with one attached hydrogen (secondary N) is 1. The van der Waals surface area contributed by atoms with Crippen molar-refractivity contribution in [1.29, 1.82) is 0 Å². The van der Waals surface area contributed by atoms with Gasteiger partial charge in [-0.05, 0) is 31.5 Å². The van der Waals surface area contributed by atoms with Crippen LogP contribution in [0.1, 0.15) is 30.6 Å². The molecule has 1 aliphatic rings. The van der Waals surface area contributed by atoms with Gasteiger partial charge in [-0.3, -0.25) is 4.68 Å². The number of hydrogen-bond donors (Lipinski definition) is 1. The lowest BCUT2D eigenvalue weighted by atomic mass is 10.1. The van der Waals surface area contributed by atoms with E-state index in [0.717, 1.165) is 35.9 Å². The first-order valence-corrected chi connectivity index (χ1v) is 7.30. The van der Waals surface area contributed by atoms with Gasteiger partial charge >= 0.3 is 0 Å². The van der Waals surface area contributed by atoms with Crippen LogP contribution in [0, 0.1) is 6.92 Å². The van der Waals surface area contributed by atoms with Gasteiger partial charge in [-0.1, -0.05) is 6.07 Å². The highest BCUT2D eigenvalue weighted by atomic mass is 16.5. The second-order valence-corrected chi connectivity index (χ2v) is 5.42. The third kappa shape index (κ3) is 2.96. The summed E-state index contributed by atoms with van der Waals surface area (Å²) in [7, 11) is 1.93. The van der Waals surface area contributed by atoms with E-state index in [4.69, 9.17) is 9.47 Å². The van der Waals surface area contributed by atoms with Crippen LogP contribution < -0.4 is 14.8 Å². The Morgan fingerprint density at radius 3 is 2.71 bits per heavy atom. The van der Waals surface area contributed by atoms with Gasteiger partial charge in [0.2, 0.25) is 0 Å². The largest absolute Gasteiger partial charge is 0.490 e. The molecule has 3 rings (SSSR count). The van der Waals surface area contributed by atoms with Gasteiger partial charge in [0.15, 0.2) is 11.5 Å². The molecule has 0 aliphatic carbocycles. The SMILES string of the molecule is Cc1nn(C)cc1NC(C)c1ccc2c(c1)OCCCO2. The summed E-state index contributed by atoms with van der Waals surface area (Å²) in [6.45, 7) is 5.56. The third-order valence-electron chi connectivity index (χ3n) is 3.66. The Morgan fingerprint density at radius 1 is 1.24 bits per heavy atom. The van der Waals surface area contributed by atoms with E-state index in [2.05, 4.69) is 29.5 Å². The maximum Gasteiger partial charge on any atom is 0.161 e. The molecule has 0 amide bonds. The molecule has 1 aromatic heterocycles. The highest BCUT2D eigenvalue weighted by Gasteiger charge is 2.14. The number of aryl methyl sites for hydroxylation is 2. The number of fused-ring (bicyclic) bond motifs is 1. The molecule has 0 saturated carbocycles. The highest BCUT2D eigenvalue weighted by Crippen LogP contribution is 2.33. The predicted molar refractivity (Wildman–Crippen MR) is 82.0 cm³/mol. The lowest BCUT2D eigenvalue weighted by Crippen LogP contribution is -2.07. The highest BCUT2D eigenvalue weighted by molar-refractivity contribution is 5.50. The summed E-state index contributed by atoms with van der Waals surface area (Å²) < 4.78 is 13.2. The number of hydrogen-bond acceptors (Lipinski definition) is 4. The molecular weight excluding hydrogens is 266 g/mol. The Balaban J connectivity index is 1.80. The summed E-state index contributed by atoms with van der Waals surface area (Å²) in [5.41, 5.74) is 3.22. The van der Waals surface area contributed by atoms with E-state index in [9.17, 15) is 0 Å². The van der Waals surface area contributed by atoms with Crippen molar-refractivity contribution in [3.05, 3.63) is 35.7 Å². The van der Waals surface area contributed by atoms with Crippen molar-refractivity contribution in [3.63, 3.8) is 0 Å². The average Bonchev–Trinajstić information content (AvgIpc) is 2.67. The fourth-order valence-corrected chi connectivity index (χ4v) is 2.51. The molecule has 1 aliphatic heterocycles. The molecule has 1 atom stereocenters. The molecule has 0 spiro atoms. The second-order valence-electron chi connectivity index (χ2n) is 5.42. The molecule has 112 valence electrons. The standard InChI is InChI=1S/C16H21N3O2/c1-11(17-14-10-19(3)18-12(14)2)13-5-6-15-16(9-13)21-8-4-7-20-15/h5-6,9-11,17H,4,7-8H2,1-3H3. The van der Waals surface area contributed by atoms with Crippen LogP contribution in [0.3, 0.4) is 0 Å². The number of ether oxygens (including phenoxy) is 2. The summed E-state index contributed by atoms with van der Waals surface area (Å²) in [5, 5.41) is 7.84. The van der Waals surface area contributed by atoms with Gasteiger partial charge in [-0.25, -0.2) is 0 Å². The Labute approximate surface area is 124 Å². The molecule has 0 saturated heterocycles. The summed E-state index contributed by atoms with van der Waals surface area (Å²) in [6.07, 6.45) is 2.92. The molecule has 5 nitrogen and oxygen atoms in total. The third-order valence-corrected chi connectivity index (χ3v) is 3.66. The quantitative estimate of drug-likeness (QED) is 0.942. The number of aromatic nitrogens is 2. The topological polar surface area (TPSA) is 48.3 Å². The van der Waals surface area contributed by atoms with E-state index >= 15 is 0 Å². The Morgan fingerprint density at radius 2 is 2.00 bits per heavy atom. The first-order valence-electron chi connectivity index (χ1n) is 7.30. The van der Waals surface area contributed by atoms with Gasteiger partial charge in [-0.15, -0.1) is 0 Å². The van der Waals surface area contributed by atoms with Crippen molar-refractivity contribution < 1.29 is 9.47 Å². The fourth-order valence-electron chi connectivity index (χ4n) is 2.51. The summed E-state index contributed by atoms with van der Waals surface area (Å²) in [6, 6.07) is 6.30. The molecule has 0 bridgehead atoms. The molecule has 2 heterocycles. The van der Waals surface area contributed by atoms with E-state index in [1.54, 1.807) is 0 Å². The minimum atomic E-state index is 0.171. The maximum absolute atomic E-state index is 5.75. The van der Waals surface area contributed by atoms with Gasteiger partial charge in [0, 0.05) is 25.7 Å². The van der Waals surface area contributed by atoms with Gasteiger partial charge in [0.05, 0.1) is 24.6 Å². The van der Waals surface area contributed by atoms with Crippen LogP contribution in [0.5, 0.6) is 11.5 Å². The Bertz CT molecular complexity index is 636. The monoisotopic (exact) mass is 287 g/mol. The van der Waals surface area contributed by atoms with E-state index in [-0.39, 0.29) is 6.04 Å². The van der Waals surface area contributed by atoms with E-state index in [1.807, 2.05) is 30.9 Å². The Hall–Kier alpha value is -2.17. The van der Waals surface area contributed by atoms with Crippen LogP contribution in [0.15, 0.2) is 24.4 Å². The molecule has 5 heteroatoms. The normalized spacial score (nSPS) is 15.4. The van der Waals surface area contributed by atoms with Crippen molar-refractivity contribution in [2.75, 3.05) is 18.5 Å². The second kappa shape index (κ2) is 5.68. The van der Waals surface area contributed by atoms with Crippen LogP contribution >= 0.6 is 0 Å². The maximum atomic E-state index is 5.75. The molecule has 21 heavy (non-hydrogen) atoms. The molecule has 2 aromatic rings. The zero-order chi connectivity index (χ0) is 14.8. The van der Waals surface area contributed by atoms with Crippen LogP contribution in [-0.4, -0.2) is 23.0 Å². The Kier molecular flexibility index (Phi) is 3.73. The van der Waals surface area contributed by atoms with Gasteiger partial charge in [-0.2, -0.15) is 5.10 Å².